The first-order valence-electron chi connectivity index (χ1n) is 12.4. The van der Waals surface area contributed by atoms with Crippen molar-refractivity contribution in [1.82, 2.24) is 0 Å². The molecule has 0 unspecified atom stereocenters. The Labute approximate surface area is 252 Å². The Morgan fingerprint density at radius 1 is 0.850 bits per heavy atom. The summed E-state index contributed by atoms with van der Waals surface area (Å²) in [5.74, 6) is 0.690. The number of hydrogen-bond donors (Lipinski definition) is 0. The van der Waals surface area contributed by atoms with Crippen molar-refractivity contribution in [2.45, 2.75) is 13.5 Å². The van der Waals surface area contributed by atoms with Crippen LogP contribution in [0.15, 0.2) is 101 Å². The van der Waals surface area contributed by atoms with Gasteiger partial charge in [0.2, 0.25) is 0 Å². The molecule has 1 fully saturated rings. The Bertz CT molecular complexity index is 1590. The number of benzene rings is 4. The van der Waals surface area contributed by atoms with Crippen LogP contribution in [0.2, 0.25) is 15.1 Å². The zero-order valence-corrected chi connectivity index (χ0v) is 24.4. The SMILES string of the molecule is CCOc1cc(/C=C2\SC(=Nc3ccccc3)N(c3ccccc3)C2=O)cc(Cl)c1OCc1ccc(Cl)c(Cl)c1. The number of nitrogens with zero attached hydrogens (tertiary/aromatic N) is 2. The van der Waals surface area contributed by atoms with Crippen molar-refractivity contribution >= 4 is 75.1 Å². The van der Waals surface area contributed by atoms with E-state index in [0.717, 1.165) is 16.9 Å². The molecule has 0 bridgehead atoms. The second-order valence-corrected chi connectivity index (χ2v) is 10.8. The van der Waals surface area contributed by atoms with Crippen LogP contribution in [0.25, 0.3) is 6.08 Å². The van der Waals surface area contributed by atoms with Crippen LogP contribution in [0.3, 0.4) is 0 Å². The van der Waals surface area contributed by atoms with Crippen molar-refractivity contribution < 1.29 is 14.3 Å². The molecular formula is C31H23Cl3N2O3S. The van der Waals surface area contributed by atoms with Crippen LogP contribution in [-0.4, -0.2) is 17.7 Å². The van der Waals surface area contributed by atoms with Gasteiger partial charge < -0.3 is 9.47 Å². The molecule has 1 amide bonds. The molecule has 0 radical (unpaired) electrons. The van der Waals surface area contributed by atoms with Crippen molar-refractivity contribution in [3.63, 3.8) is 0 Å². The van der Waals surface area contributed by atoms with Gasteiger partial charge >= 0.3 is 0 Å². The van der Waals surface area contributed by atoms with Crippen molar-refractivity contribution in [3.05, 3.63) is 122 Å². The van der Waals surface area contributed by atoms with Gasteiger partial charge in [-0.2, -0.15) is 0 Å². The molecule has 1 aliphatic rings. The molecule has 202 valence electrons. The molecular weight excluding hydrogens is 587 g/mol. The van der Waals surface area contributed by atoms with E-state index < -0.39 is 0 Å². The van der Waals surface area contributed by atoms with Gasteiger partial charge in [-0.1, -0.05) is 77.3 Å². The molecule has 5 rings (SSSR count). The lowest BCUT2D eigenvalue weighted by Crippen LogP contribution is -2.28. The largest absolute Gasteiger partial charge is 0.490 e. The standard InChI is InChI=1S/C31H23Cl3N2O3S/c1-2-38-27-17-21(16-26(34)29(27)39-19-20-13-14-24(32)25(33)15-20)18-28-30(37)36(23-11-7-4-8-12-23)31(40-28)35-22-9-5-3-6-10-22/h3-18H,2,19H2,1H3/b28-18-,35-31?. The number of hydrogen-bond acceptors (Lipinski definition) is 5. The van der Waals surface area contributed by atoms with Gasteiger partial charge in [-0.3, -0.25) is 9.69 Å². The molecule has 40 heavy (non-hydrogen) atoms. The predicted octanol–water partition coefficient (Wildman–Crippen LogP) is 9.43. The summed E-state index contributed by atoms with van der Waals surface area (Å²) < 4.78 is 11.9. The number of halogens is 3. The summed E-state index contributed by atoms with van der Waals surface area (Å²) in [6.07, 6.45) is 1.79. The molecule has 1 saturated heterocycles. The molecule has 4 aromatic rings. The average molecular weight is 610 g/mol. The van der Waals surface area contributed by atoms with Crippen LogP contribution in [0.1, 0.15) is 18.1 Å². The maximum Gasteiger partial charge on any atom is 0.271 e. The lowest BCUT2D eigenvalue weighted by molar-refractivity contribution is -0.113. The summed E-state index contributed by atoms with van der Waals surface area (Å²) in [5.41, 5.74) is 3.01. The van der Waals surface area contributed by atoms with Gasteiger partial charge in [-0.05, 0) is 84.4 Å². The first-order chi connectivity index (χ1) is 19.4. The maximum atomic E-state index is 13.6. The number of rotatable bonds is 8. The summed E-state index contributed by atoms with van der Waals surface area (Å²) in [6.45, 7) is 2.50. The Kier molecular flexibility index (Phi) is 9.02. The summed E-state index contributed by atoms with van der Waals surface area (Å²) in [7, 11) is 0. The fraction of sp³-hybridized carbons (Fsp3) is 0.0968. The number of anilines is 1. The highest BCUT2D eigenvalue weighted by Crippen LogP contribution is 2.41. The number of thioether (sulfide) groups is 1. The molecule has 0 aromatic heterocycles. The molecule has 9 heteroatoms. The van der Waals surface area contributed by atoms with Gasteiger partial charge in [0.25, 0.3) is 5.91 Å². The van der Waals surface area contributed by atoms with E-state index >= 15 is 0 Å². The number of amidine groups is 1. The Balaban J connectivity index is 1.47. The van der Waals surface area contributed by atoms with Gasteiger partial charge in [0.1, 0.15) is 6.61 Å². The summed E-state index contributed by atoms with van der Waals surface area (Å²) in [5, 5.41) is 1.83. The van der Waals surface area contributed by atoms with E-state index in [1.54, 1.807) is 35.2 Å². The predicted molar refractivity (Wildman–Crippen MR) is 166 cm³/mol. The molecule has 0 atom stereocenters. The topological polar surface area (TPSA) is 51.1 Å². The number of aliphatic imine (C=N–C) groups is 1. The maximum absolute atomic E-state index is 13.6. The molecule has 0 aliphatic carbocycles. The number of carbonyl (C=O) groups is 1. The average Bonchev–Trinajstić information content (AvgIpc) is 3.25. The molecule has 4 aromatic carbocycles. The Morgan fingerprint density at radius 2 is 1.57 bits per heavy atom. The highest BCUT2D eigenvalue weighted by atomic mass is 35.5. The van der Waals surface area contributed by atoms with E-state index in [2.05, 4.69) is 0 Å². The first-order valence-corrected chi connectivity index (χ1v) is 14.3. The molecule has 0 spiro atoms. The van der Waals surface area contributed by atoms with Crippen LogP contribution >= 0.6 is 46.6 Å². The third-order valence-electron chi connectivity index (χ3n) is 5.80. The summed E-state index contributed by atoms with van der Waals surface area (Å²) in [4.78, 5) is 20.5. The minimum Gasteiger partial charge on any atom is -0.490 e. The Morgan fingerprint density at radius 3 is 2.27 bits per heavy atom. The van der Waals surface area contributed by atoms with Gasteiger partial charge in [0.15, 0.2) is 16.7 Å². The highest BCUT2D eigenvalue weighted by Gasteiger charge is 2.34. The van der Waals surface area contributed by atoms with E-state index in [4.69, 9.17) is 49.3 Å². The van der Waals surface area contributed by atoms with Crippen molar-refractivity contribution in [2.24, 2.45) is 4.99 Å². The number of ether oxygens (including phenoxy) is 2. The molecule has 0 saturated carbocycles. The zero-order valence-electron chi connectivity index (χ0n) is 21.3. The smallest absolute Gasteiger partial charge is 0.271 e. The van der Waals surface area contributed by atoms with E-state index in [9.17, 15) is 4.79 Å². The highest BCUT2D eigenvalue weighted by molar-refractivity contribution is 8.19. The third-order valence-corrected chi connectivity index (χ3v) is 7.79. The van der Waals surface area contributed by atoms with Gasteiger partial charge in [0.05, 0.1) is 38.0 Å². The van der Waals surface area contributed by atoms with Crippen molar-refractivity contribution in [2.75, 3.05) is 11.5 Å². The molecule has 1 heterocycles. The third kappa shape index (κ3) is 6.48. The normalized spacial score (nSPS) is 15.2. The van der Waals surface area contributed by atoms with Crippen LogP contribution in [0.4, 0.5) is 11.4 Å². The first kappa shape index (κ1) is 28.1. The monoisotopic (exact) mass is 608 g/mol. The van der Waals surface area contributed by atoms with E-state index in [1.807, 2.05) is 73.7 Å². The van der Waals surface area contributed by atoms with E-state index in [1.165, 1.54) is 11.8 Å². The minimum absolute atomic E-state index is 0.181. The van der Waals surface area contributed by atoms with Gasteiger partial charge in [0, 0.05) is 0 Å². The van der Waals surface area contributed by atoms with E-state index in [0.29, 0.717) is 48.8 Å². The summed E-state index contributed by atoms with van der Waals surface area (Å²) in [6, 6.07) is 27.8. The van der Waals surface area contributed by atoms with Crippen molar-refractivity contribution in [3.8, 4) is 11.5 Å². The summed E-state index contributed by atoms with van der Waals surface area (Å²) >= 11 is 20.1. The number of para-hydroxylation sites is 2. The van der Waals surface area contributed by atoms with Gasteiger partial charge in [-0.25, -0.2) is 4.99 Å². The van der Waals surface area contributed by atoms with Crippen LogP contribution in [0.5, 0.6) is 11.5 Å². The number of carbonyl (C=O) groups excluding carboxylic acids is 1. The van der Waals surface area contributed by atoms with Crippen molar-refractivity contribution in [1.29, 1.82) is 0 Å². The molecule has 0 N–H and O–H groups in total. The van der Waals surface area contributed by atoms with Gasteiger partial charge in [-0.15, -0.1) is 0 Å². The second kappa shape index (κ2) is 12.8. The number of amides is 1. The van der Waals surface area contributed by atoms with Crippen LogP contribution < -0.4 is 14.4 Å². The fourth-order valence-corrected chi connectivity index (χ4v) is 5.57. The zero-order chi connectivity index (χ0) is 28.1. The minimum atomic E-state index is -0.181. The van der Waals surface area contributed by atoms with E-state index in [-0.39, 0.29) is 12.5 Å². The lowest BCUT2D eigenvalue weighted by Gasteiger charge is -2.15. The quantitative estimate of drug-likeness (QED) is 0.187. The lowest BCUT2D eigenvalue weighted by atomic mass is 10.1. The fourth-order valence-electron chi connectivity index (χ4n) is 3.98. The van der Waals surface area contributed by atoms with Crippen LogP contribution in [-0.2, 0) is 11.4 Å². The molecule has 5 nitrogen and oxygen atoms in total. The second-order valence-electron chi connectivity index (χ2n) is 8.62. The Hall–Kier alpha value is -3.42. The van der Waals surface area contributed by atoms with Crippen LogP contribution in [0, 0.1) is 0 Å². The molecule has 1 aliphatic heterocycles.